The third kappa shape index (κ3) is 3.35. The fourth-order valence-corrected chi connectivity index (χ4v) is 2.59. The first kappa shape index (κ1) is 14.7. The second kappa shape index (κ2) is 6.72. The molecular formula is C16H19N3O3. The average Bonchev–Trinajstić information content (AvgIpc) is 3.10. The molecule has 0 aliphatic carbocycles. The van der Waals surface area contributed by atoms with Crippen LogP contribution in [0.4, 0.5) is 5.69 Å². The summed E-state index contributed by atoms with van der Waals surface area (Å²) in [6, 6.07) is 6.89. The number of oxazole rings is 1. The van der Waals surface area contributed by atoms with Crippen molar-refractivity contribution in [2.75, 3.05) is 18.5 Å². The highest BCUT2D eigenvalue weighted by Gasteiger charge is 2.26. The first-order valence-corrected chi connectivity index (χ1v) is 7.37. The van der Waals surface area contributed by atoms with E-state index in [4.69, 9.17) is 14.9 Å². The first-order chi connectivity index (χ1) is 10.7. The van der Waals surface area contributed by atoms with Crippen molar-refractivity contribution in [3.8, 4) is 11.3 Å². The monoisotopic (exact) mass is 301 g/mol. The van der Waals surface area contributed by atoms with Gasteiger partial charge in [-0.3, -0.25) is 4.79 Å². The van der Waals surface area contributed by atoms with Crippen LogP contribution in [0.25, 0.3) is 11.3 Å². The van der Waals surface area contributed by atoms with Crippen LogP contribution in [-0.4, -0.2) is 30.1 Å². The van der Waals surface area contributed by atoms with Gasteiger partial charge in [-0.15, -0.1) is 0 Å². The lowest BCUT2D eigenvalue weighted by Crippen LogP contribution is -2.43. The minimum Gasteiger partial charge on any atom is -0.444 e. The second-order valence-corrected chi connectivity index (χ2v) is 5.41. The SMILES string of the molecule is NC(C(=O)Nc1ccc(-c2cnco2)cc1)C1CCOCC1. The number of hydrogen-bond donors (Lipinski definition) is 2. The highest BCUT2D eigenvalue weighted by Crippen LogP contribution is 2.22. The Morgan fingerprint density at radius 2 is 2.00 bits per heavy atom. The Morgan fingerprint density at radius 1 is 1.27 bits per heavy atom. The fourth-order valence-electron chi connectivity index (χ4n) is 2.59. The molecule has 0 saturated carbocycles. The van der Waals surface area contributed by atoms with Crippen molar-refractivity contribution in [2.45, 2.75) is 18.9 Å². The summed E-state index contributed by atoms with van der Waals surface area (Å²) in [5.41, 5.74) is 7.68. The second-order valence-electron chi connectivity index (χ2n) is 5.41. The number of amides is 1. The molecule has 1 aliphatic heterocycles. The highest BCUT2D eigenvalue weighted by atomic mass is 16.5. The summed E-state index contributed by atoms with van der Waals surface area (Å²) in [4.78, 5) is 16.1. The molecule has 0 spiro atoms. The van der Waals surface area contributed by atoms with Crippen molar-refractivity contribution in [3.05, 3.63) is 36.9 Å². The molecule has 6 heteroatoms. The van der Waals surface area contributed by atoms with Crippen LogP contribution in [0.3, 0.4) is 0 Å². The molecule has 1 amide bonds. The van der Waals surface area contributed by atoms with Gasteiger partial charge in [0.05, 0.1) is 12.2 Å². The molecule has 3 N–H and O–H groups in total. The molecule has 1 saturated heterocycles. The first-order valence-electron chi connectivity index (χ1n) is 7.37. The van der Waals surface area contributed by atoms with E-state index in [0.29, 0.717) is 19.0 Å². The molecule has 1 aromatic heterocycles. The van der Waals surface area contributed by atoms with E-state index in [1.54, 1.807) is 6.20 Å². The molecule has 2 heterocycles. The Kier molecular flexibility index (Phi) is 4.50. The number of aromatic nitrogens is 1. The molecule has 1 unspecified atom stereocenters. The maximum Gasteiger partial charge on any atom is 0.241 e. The molecular weight excluding hydrogens is 282 g/mol. The maximum atomic E-state index is 12.2. The molecule has 3 rings (SSSR count). The minimum absolute atomic E-state index is 0.153. The average molecular weight is 301 g/mol. The summed E-state index contributed by atoms with van der Waals surface area (Å²) in [5.74, 6) is 0.721. The topological polar surface area (TPSA) is 90.4 Å². The summed E-state index contributed by atoms with van der Waals surface area (Å²) in [7, 11) is 0. The van der Waals surface area contributed by atoms with Crippen molar-refractivity contribution in [2.24, 2.45) is 11.7 Å². The van der Waals surface area contributed by atoms with Crippen molar-refractivity contribution in [3.63, 3.8) is 0 Å². The van der Waals surface area contributed by atoms with E-state index in [0.717, 1.165) is 24.1 Å². The van der Waals surface area contributed by atoms with Crippen LogP contribution in [0, 0.1) is 5.92 Å². The smallest absolute Gasteiger partial charge is 0.241 e. The van der Waals surface area contributed by atoms with Crippen LogP contribution in [0.5, 0.6) is 0 Å². The summed E-state index contributed by atoms with van der Waals surface area (Å²) < 4.78 is 10.5. The number of nitrogens with two attached hydrogens (primary N) is 1. The zero-order valence-electron chi connectivity index (χ0n) is 12.2. The number of ether oxygens (including phenoxy) is 1. The van der Waals surface area contributed by atoms with E-state index in [-0.39, 0.29) is 11.8 Å². The third-order valence-corrected chi connectivity index (χ3v) is 3.95. The molecule has 6 nitrogen and oxygen atoms in total. The zero-order chi connectivity index (χ0) is 15.4. The van der Waals surface area contributed by atoms with Gasteiger partial charge in [-0.2, -0.15) is 0 Å². The summed E-state index contributed by atoms with van der Waals surface area (Å²) >= 11 is 0. The summed E-state index contributed by atoms with van der Waals surface area (Å²) in [6.07, 6.45) is 4.70. The van der Waals surface area contributed by atoms with Gasteiger partial charge in [0.15, 0.2) is 12.2 Å². The van der Waals surface area contributed by atoms with E-state index in [1.165, 1.54) is 6.39 Å². The molecule has 1 fully saturated rings. The van der Waals surface area contributed by atoms with Gasteiger partial charge in [0, 0.05) is 24.5 Å². The Morgan fingerprint density at radius 3 is 2.64 bits per heavy atom. The van der Waals surface area contributed by atoms with E-state index in [9.17, 15) is 4.79 Å². The predicted octanol–water partition coefficient (Wildman–Crippen LogP) is 2.03. The number of nitrogens with zero attached hydrogens (tertiary/aromatic N) is 1. The fraction of sp³-hybridized carbons (Fsp3) is 0.375. The number of rotatable bonds is 4. The van der Waals surface area contributed by atoms with Gasteiger partial charge in [-0.1, -0.05) is 0 Å². The van der Waals surface area contributed by atoms with Gasteiger partial charge in [-0.25, -0.2) is 4.98 Å². The predicted molar refractivity (Wildman–Crippen MR) is 82.1 cm³/mol. The normalized spacial score (nSPS) is 17.1. The largest absolute Gasteiger partial charge is 0.444 e. The zero-order valence-corrected chi connectivity index (χ0v) is 12.2. The van der Waals surface area contributed by atoms with E-state index in [1.807, 2.05) is 24.3 Å². The number of carbonyl (C=O) groups excluding carboxylic acids is 1. The van der Waals surface area contributed by atoms with Gasteiger partial charge < -0.3 is 20.2 Å². The Balaban J connectivity index is 1.61. The van der Waals surface area contributed by atoms with E-state index >= 15 is 0 Å². The summed E-state index contributed by atoms with van der Waals surface area (Å²) in [6.45, 7) is 1.36. The quantitative estimate of drug-likeness (QED) is 0.901. The van der Waals surface area contributed by atoms with E-state index in [2.05, 4.69) is 10.3 Å². The van der Waals surface area contributed by atoms with Gasteiger partial charge in [0.1, 0.15) is 0 Å². The lowest BCUT2D eigenvalue weighted by Gasteiger charge is -2.26. The lowest BCUT2D eigenvalue weighted by atomic mass is 9.92. The molecule has 22 heavy (non-hydrogen) atoms. The Labute approximate surface area is 128 Å². The van der Waals surface area contributed by atoms with Crippen molar-refractivity contribution < 1.29 is 13.9 Å². The van der Waals surface area contributed by atoms with Gasteiger partial charge in [-0.05, 0) is 43.0 Å². The van der Waals surface area contributed by atoms with Crippen LogP contribution in [0.1, 0.15) is 12.8 Å². The molecule has 116 valence electrons. The van der Waals surface area contributed by atoms with Crippen LogP contribution in [0.15, 0.2) is 41.3 Å². The standard InChI is InChI=1S/C16H19N3O3/c17-15(12-5-7-21-8-6-12)16(20)19-13-3-1-11(2-4-13)14-9-18-10-22-14/h1-4,9-10,12,15H,5-8,17H2,(H,19,20). The van der Waals surface area contributed by atoms with Gasteiger partial charge in [0.2, 0.25) is 5.91 Å². The molecule has 0 radical (unpaired) electrons. The molecule has 2 aromatic rings. The van der Waals surface area contributed by atoms with Gasteiger partial charge in [0.25, 0.3) is 0 Å². The van der Waals surface area contributed by atoms with Crippen LogP contribution >= 0.6 is 0 Å². The number of benzene rings is 1. The summed E-state index contributed by atoms with van der Waals surface area (Å²) in [5, 5.41) is 2.86. The van der Waals surface area contributed by atoms with Crippen LogP contribution in [-0.2, 0) is 9.53 Å². The van der Waals surface area contributed by atoms with Gasteiger partial charge >= 0.3 is 0 Å². The highest BCUT2D eigenvalue weighted by molar-refractivity contribution is 5.95. The number of nitrogens with one attached hydrogen (secondary N) is 1. The number of carbonyl (C=O) groups is 1. The van der Waals surface area contributed by atoms with Crippen molar-refractivity contribution in [1.82, 2.24) is 4.98 Å². The number of hydrogen-bond acceptors (Lipinski definition) is 5. The van der Waals surface area contributed by atoms with Crippen LogP contribution < -0.4 is 11.1 Å². The Hall–Kier alpha value is -2.18. The lowest BCUT2D eigenvalue weighted by molar-refractivity contribution is -0.119. The minimum atomic E-state index is -0.502. The van der Waals surface area contributed by atoms with Crippen molar-refractivity contribution >= 4 is 11.6 Å². The molecule has 1 aliphatic rings. The molecule has 0 bridgehead atoms. The Bertz CT molecular complexity index is 604. The molecule has 1 aromatic carbocycles. The molecule has 1 atom stereocenters. The van der Waals surface area contributed by atoms with E-state index < -0.39 is 6.04 Å². The van der Waals surface area contributed by atoms with Crippen LogP contribution in [0.2, 0.25) is 0 Å². The maximum absolute atomic E-state index is 12.2. The van der Waals surface area contributed by atoms with Crippen molar-refractivity contribution in [1.29, 1.82) is 0 Å². The number of anilines is 1. The third-order valence-electron chi connectivity index (χ3n) is 3.95.